The van der Waals surface area contributed by atoms with Gasteiger partial charge >= 0.3 is 55.9 Å². The second-order valence-corrected chi connectivity index (χ2v) is 8.64. The molecule has 0 bridgehead atoms. The van der Waals surface area contributed by atoms with E-state index in [1.807, 2.05) is 12.2 Å². The van der Waals surface area contributed by atoms with E-state index in [0.717, 1.165) is 12.8 Å². The molecule has 2 aromatic carbocycles. The number of hydrogen-bond acceptors (Lipinski definition) is 0. The number of aryl methyl sites for hydroxylation is 2. The second kappa shape index (κ2) is 13.4. The predicted molar refractivity (Wildman–Crippen MR) is 113 cm³/mol. The Morgan fingerprint density at radius 3 is 2.17 bits per heavy atom. The summed E-state index contributed by atoms with van der Waals surface area (Å²) in [6.45, 7) is 4.26. The van der Waals surface area contributed by atoms with Crippen LogP contribution in [0, 0.1) is 26.0 Å². The van der Waals surface area contributed by atoms with Crippen LogP contribution >= 0.6 is 0 Å². The SMILES string of the molecule is Cc1[c-]c2c(cc1)-c1ccc(C)cc1C2.[C-]1=CC=CC1.[Cl-].[Cl-].[Ti+2]=[C]1CCCCC1. The van der Waals surface area contributed by atoms with E-state index in [9.17, 15) is 0 Å². The molecule has 1 saturated carbocycles. The maximum atomic E-state index is 3.45. The Bertz CT molecular complexity index is 798. The Kier molecular flexibility index (Phi) is 12.1. The first-order valence-electron chi connectivity index (χ1n) is 10.0. The Balaban J connectivity index is 0.000000252. The molecule has 1 fully saturated rings. The van der Waals surface area contributed by atoms with Crippen molar-refractivity contribution in [2.45, 2.75) is 58.8 Å². The van der Waals surface area contributed by atoms with Gasteiger partial charge in [0.05, 0.1) is 0 Å². The molecule has 0 nitrogen and oxygen atoms in total. The Labute approximate surface area is 200 Å². The molecule has 0 N–H and O–H groups in total. The molecule has 0 radical (unpaired) electrons. The summed E-state index contributed by atoms with van der Waals surface area (Å²) in [5, 5.41) is 0. The molecule has 3 aliphatic carbocycles. The van der Waals surface area contributed by atoms with Crippen LogP contribution in [0.15, 0.2) is 48.6 Å². The van der Waals surface area contributed by atoms with Crippen molar-refractivity contribution < 1.29 is 44.8 Å². The van der Waals surface area contributed by atoms with Gasteiger partial charge in [0.25, 0.3) is 0 Å². The van der Waals surface area contributed by atoms with Crippen molar-refractivity contribution in [2.24, 2.45) is 0 Å². The summed E-state index contributed by atoms with van der Waals surface area (Å²) < 4.78 is 1.71. The summed E-state index contributed by atoms with van der Waals surface area (Å²) in [7, 11) is 0. The summed E-state index contributed by atoms with van der Waals surface area (Å²) in [6.07, 6.45) is 18.2. The summed E-state index contributed by atoms with van der Waals surface area (Å²) in [4.78, 5) is 0. The summed E-state index contributed by atoms with van der Waals surface area (Å²) in [5.41, 5.74) is 8.15. The molecule has 5 rings (SSSR count). The van der Waals surface area contributed by atoms with E-state index < -0.39 is 0 Å². The van der Waals surface area contributed by atoms with Crippen LogP contribution in [0.1, 0.15) is 60.8 Å². The fourth-order valence-electron chi connectivity index (χ4n) is 3.69. The fourth-order valence-corrected chi connectivity index (χ4v) is 4.24. The fraction of sp³-hybridized carbons (Fsp3) is 0.346. The third kappa shape index (κ3) is 8.02. The number of rotatable bonds is 0. The van der Waals surface area contributed by atoms with Crippen LogP contribution in [0.4, 0.5) is 0 Å². The van der Waals surface area contributed by atoms with Gasteiger partial charge in [-0.05, 0) is 18.9 Å². The molecular formula is C26H28Cl2Ti-2. The van der Waals surface area contributed by atoms with Gasteiger partial charge in [-0.1, -0.05) is 36.2 Å². The third-order valence-corrected chi connectivity index (χ3v) is 5.92. The standard InChI is InChI=1S/C15H13.C6H10.C5H5.2ClH.Ti/c1-10-3-5-14-12(7-10)9-13-8-11(2)4-6-15(13)14;1-2-4-6-5-3-1;1-2-4-5-3-1;;;/h3-7H,9H2,1-2H3;1-5H2;1-3H,4H2;2*1H;/q-1;;-1;;;+2/p-2. The molecule has 2 aromatic rings. The molecule has 0 aromatic heterocycles. The van der Waals surface area contributed by atoms with Crippen LogP contribution in [0.25, 0.3) is 11.1 Å². The zero-order chi connectivity index (χ0) is 19.1. The van der Waals surface area contributed by atoms with Crippen molar-refractivity contribution >= 4 is 3.81 Å². The summed E-state index contributed by atoms with van der Waals surface area (Å²) >= 11 is 2.28. The van der Waals surface area contributed by atoms with Crippen molar-refractivity contribution in [3.63, 3.8) is 0 Å². The van der Waals surface area contributed by atoms with E-state index in [4.69, 9.17) is 0 Å². The van der Waals surface area contributed by atoms with Crippen molar-refractivity contribution in [3.8, 4) is 11.1 Å². The van der Waals surface area contributed by atoms with Gasteiger partial charge in [0, 0.05) is 0 Å². The van der Waals surface area contributed by atoms with Crippen molar-refractivity contribution in [3.05, 3.63) is 83.0 Å². The van der Waals surface area contributed by atoms with Gasteiger partial charge in [-0.15, -0.1) is 17.5 Å². The molecule has 0 unspecified atom stereocenters. The minimum atomic E-state index is 0. The molecule has 0 amide bonds. The first kappa shape index (κ1) is 26.1. The van der Waals surface area contributed by atoms with Crippen LogP contribution in [0.3, 0.4) is 0 Å². The van der Waals surface area contributed by atoms with E-state index in [2.05, 4.69) is 82.4 Å². The summed E-state index contributed by atoms with van der Waals surface area (Å²) in [6, 6.07) is 14.5. The average Bonchev–Trinajstić information content (AvgIpc) is 3.33. The van der Waals surface area contributed by atoms with Gasteiger partial charge in [-0.3, -0.25) is 6.08 Å². The molecule has 3 heteroatoms. The Morgan fingerprint density at radius 2 is 1.62 bits per heavy atom. The first-order chi connectivity index (χ1) is 13.1. The van der Waals surface area contributed by atoms with Gasteiger partial charge < -0.3 is 24.8 Å². The molecule has 152 valence electrons. The Morgan fingerprint density at radius 1 is 0.897 bits per heavy atom. The van der Waals surface area contributed by atoms with Crippen LogP contribution in [0.2, 0.25) is 0 Å². The van der Waals surface area contributed by atoms with E-state index in [1.54, 1.807) is 3.81 Å². The molecule has 0 heterocycles. The summed E-state index contributed by atoms with van der Waals surface area (Å²) in [5.74, 6) is 0. The molecule has 3 aliphatic rings. The van der Waals surface area contributed by atoms with Crippen LogP contribution in [-0.2, 0) is 26.4 Å². The van der Waals surface area contributed by atoms with Crippen molar-refractivity contribution in [1.29, 1.82) is 0 Å². The molecule has 29 heavy (non-hydrogen) atoms. The number of allylic oxidation sites excluding steroid dienone is 4. The number of fused-ring (bicyclic) bond motifs is 3. The maximum absolute atomic E-state index is 3.45. The molecule has 0 saturated heterocycles. The minimum absolute atomic E-state index is 0. The van der Waals surface area contributed by atoms with Crippen molar-refractivity contribution in [1.82, 2.24) is 0 Å². The monoisotopic (exact) mass is 458 g/mol. The zero-order valence-electron chi connectivity index (χ0n) is 17.3. The van der Waals surface area contributed by atoms with E-state index in [1.165, 1.54) is 65.5 Å². The van der Waals surface area contributed by atoms with Gasteiger partial charge in [0.2, 0.25) is 0 Å². The topological polar surface area (TPSA) is 0 Å². The Hall–Kier alpha value is -0.916. The van der Waals surface area contributed by atoms with E-state index >= 15 is 0 Å². The van der Waals surface area contributed by atoms with Gasteiger partial charge in [0.15, 0.2) is 0 Å². The van der Waals surface area contributed by atoms with E-state index in [0.29, 0.717) is 0 Å². The van der Waals surface area contributed by atoms with Crippen LogP contribution in [0.5, 0.6) is 0 Å². The normalized spacial score (nSPS) is 15.0. The zero-order valence-corrected chi connectivity index (χ0v) is 20.4. The molecule has 0 atom stereocenters. The molecule has 0 spiro atoms. The third-order valence-electron chi connectivity index (χ3n) is 5.13. The van der Waals surface area contributed by atoms with Gasteiger partial charge in [-0.25, -0.2) is 12.2 Å². The first-order valence-corrected chi connectivity index (χ1v) is 10.8. The predicted octanol–water partition coefficient (Wildman–Crippen LogP) is 0.658. The number of benzene rings is 2. The van der Waals surface area contributed by atoms with Crippen molar-refractivity contribution in [2.75, 3.05) is 0 Å². The van der Waals surface area contributed by atoms with Crippen LogP contribution < -0.4 is 24.8 Å². The van der Waals surface area contributed by atoms with Crippen LogP contribution in [-0.4, -0.2) is 3.81 Å². The average molecular weight is 459 g/mol. The number of halogens is 2. The molecule has 0 aliphatic heterocycles. The van der Waals surface area contributed by atoms with E-state index in [-0.39, 0.29) is 24.8 Å². The molecular weight excluding hydrogens is 431 g/mol. The van der Waals surface area contributed by atoms with Gasteiger partial charge in [-0.2, -0.15) is 29.8 Å². The van der Waals surface area contributed by atoms with Gasteiger partial charge in [0.1, 0.15) is 0 Å². The quantitative estimate of drug-likeness (QED) is 0.343. The number of hydrogen-bond donors (Lipinski definition) is 0. The second-order valence-electron chi connectivity index (χ2n) is 7.54.